The number of carbonyl (C=O) groups excluding carboxylic acids is 2. The number of anilines is 1. The van der Waals surface area contributed by atoms with Crippen LogP contribution in [-0.2, 0) is 9.59 Å². The summed E-state index contributed by atoms with van der Waals surface area (Å²) in [5, 5.41) is 0. The largest absolute Gasteiger partial charge is 0.496 e. The van der Waals surface area contributed by atoms with Crippen LogP contribution >= 0.6 is 0 Å². The number of benzene rings is 1. The number of para-hydroxylation sites is 1. The number of ether oxygens (including phenoxy) is 1. The lowest BCUT2D eigenvalue weighted by Crippen LogP contribution is -2.47. The SMILES string of the molecule is CCN1C(=O)C(c2ccccc2OC)=C(N2CCN(c3ccccn3)CC2)C1=O. The summed E-state index contributed by atoms with van der Waals surface area (Å²) in [7, 11) is 1.57. The third-order valence-corrected chi connectivity index (χ3v) is 5.41. The molecular weight excluding hydrogens is 368 g/mol. The monoisotopic (exact) mass is 392 g/mol. The van der Waals surface area contributed by atoms with Crippen molar-refractivity contribution in [1.82, 2.24) is 14.8 Å². The van der Waals surface area contributed by atoms with E-state index in [2.05, 4.69) is 9.88 Å². The Balaban J connectivity index is 1.68. The quantitative estimate of drug-likeness (QED) is 0.726. The van der Waals surface area contributed by atoms with Gasteiger partial charge in [0.2, 0.25) is 0 Å². The Morgan fingerprint density at radius 3 is 2.28 bits per heavy atom. The van der Waals surface area contributed by atoms with Gasteiger partial charge in [-0.25, -0.2) is 4.98 Å². The summed E-state index contributed by atoms with van der Waals surface area (Å²) in [6, 6.07) is 13.2. The molecular formula is C22H24N4O3. The third kappa shape index (κ3) is 3.33. The molecule has 2 aromatic rings. The lowest BCUT2D eigenvalue weighted by molar-refractivity contribution is -0.137. The van der Waals surface area contributed by atoms with E-state index in [4.69, 9.17) is 4.74 Å². The van der Waals surface area contributed by atoms with Crippen molar-refractivity contribution in [3.05, 3.63) is 59.9 Å². The van der Waals surface area contributed by atoms with E-state index < -0.39 is 0 Å². The van der Waals surface area contributed by atoms with Crippen LogP contribution in [-0.4, -0.2) is 66.4 Å². The molecule has 29 heavy (non-hydrogen) atoms. The highest BCUT2D eigenvalue weighted by molar-refractivity contribution is 6.36. The van der Waals surface area contributed by atoms with Crippen molar-refractivity contribution in [2.24, 2.45) is 0 Å². The average molecular weight is 392 g/mol. The molecule has 0 saturated carbocycles. The number of carbonyl (C=O) groups is 2. The zero-order chi connectivity index (χ0) is 20.4. The highest BCUT2D eigenvalue weighted by atomic mass is 16.5. The van der Waals surface area contributed by atoms with Gasteiger partial charge in [-0.05, 0) is 25.1 Å². The van der Waals surface area contributed by atoms with Gasteiger partial charge in [0.1, 0.15) is 17.3 Å². The second-order valence-corrected chi connectivity index (χ2v) is 6.94. The second kappa shape index (κ2) is 7.95. The van der Waals surface area contributed by atoms with Gasteiger partial charge in [0.15, 0.2) is 0 Å². The van der Waals surface area contributed by atoms with Crippen LogP contribution < -0.4 is 9.64 Å². The minimum absolute atomic E-state index is 0.232. The van der Waals surface area contributed by atoms with E-state index in [1.54, 1.807) is 13.3 Å². The molecule has 2 aliphatic rings. The summed E-state index contributed by atoms with van der Waals surface area (Å²) in [5.74, 6) is 1.02. The first-order valence-corrected chi connectivity index (χ1v) is 9.80. The van der Waals surface area contributed by atoms with Crippen molar-refractivity contribution in [2.45, 2.75) is 6.92 Å². The van der Waals surface area contributed by atoms with E-state index in [9.17, 15) is 9.59 Å². The molecule has 2 aliphatic heterocycles. The van der Waals surface area contributed by atoms with Crippen molar-refractivity contribution in [3.8, 4) is 5.75 Å². The molecule has 1 aromatic carbocycles. The molecule has 4 rings (SSSR count). The molecule has 0 atom stereocenters. The number of nitrogens with zero attached hydrogens (tertiary/aromatic N) is 4. The van der Waals surface area contributed by atoms with Crippen LogP contribution in [0.4, 0.5) is 5.82 Å². The number of hydrogen-bond acceptors (Lipinski definition) is 6. The number of rotatable bonds is 5. The van der Waals surface area contributed by atoms with Gasteiger partial charge in [-0.1, -0.05) is 24.3 Å². The molecule has 0 radical (unpaired) electrons. The van der Waals surface area contributed by atoms with Gasteiger partial charge >= 0.3 is 0 Å². The number of pyridine rings is 1. The van der Waals surface area contributed by atoms with Crippen molar-refractivity contribution >= 4 is 23.2 Å². The van der Waals surface area contributed by atoms with E-state index >= 15 is 0 Å². The Morgan fingerprint density at radius 1 is 0.931 bits per heavy atom. The Labute approximate surface area is 170 Å². The maximum atomic E-state index is 13.1. The number of likely N-dealkylation sites (N-methyl/N-ethyl adjacent to an activating group) is 1. The number of methoxy groups -OCH3 is 1. The summed E-state index contributed by atoms with van der Waals surface area (Å²) in [6.07, 6.45) is 1.78. The van der Waals surface area contributed by atoms with Crippen LogP contribution in [0.25, 0.3) is 5.57 Å². The number of hydrogen-bond donors (Lipinski definition) is 0. The van der Waals surface area contributed by atoms with Gasteiger partial charge in [0.25, 0.3) is 11.8 Å². The smallest absolute Gasteiger partial charge is 0.277 e. The summed E-state index contributed by atoms with van der Waals surface area (Å²) >= 11 is 0. The number of piperazine rings is 1. The summed E-state index contributed by atoms with van der Waals surface area (Å²) in [6.45, 7) is 4.90. The number of aromatic nitrogens is 1. The van der Waals surface area contributed by atoms with Crippen molar-refractivity contribution in [2.75, 3.05) is 44.7 Å². The van der Waals surface area contributed by atoms with Crippen LogP contribution in [0, 0.1) is 0 Å². The molecule has 0 N–H and O–H groups in total. The van der Waals surface area contributed by atoms with Crippen LogP contribution in [0.5, 0.6) is 5.75 Å². The van der Waals surface area contributed by atoms with Gasteiger partial charge in [-0.3, -0.25) is 14.5 Å². The minimum atomic E-state index is -0.260. The molecule has 7 nitrogen and oxygen atoms in total. The van der Waals surface area contributed by atoms with Gasteiger partial charge in [0.05, 0.1) is 12.7 Å². The van der Waals surface area contributed by atoms with Crippen LogP contribution in [0.15, 0.2) is 54.4 Å². The van der Waals surface area contributed by atoms with Gasteiger partial charge in [-0.15, -0.1) is 0 Å². The fraction of sp³-hybridized carbons (Fsp3) is 0.318. The first kappa shape index (κ1) is 19.0. The topological polar surface area (TPSA) is 66.0 Å². The predicted octanol–water partition coefficient (Wildman–Crippen LogP) is 2.01. The summed E-state index contributed by atoms with van der Waals surface area (Å²) in [5.41, 5.74) is 1.56. The highest BCUT2D eigenvalue weighted by Gasteiger charge is 2.42. The molecule has 0 bridgehead atoms. The average Bonchev–Trinajstić information content (AvgIpc) is 3.03. The first-order chi connectivity index (χ1) is 14.2. The molecule has 1 fully saturated rings. The summed E-state index contributed by atoms with van der Waals surface area (Å²) in [4.78, 5) is 36.2. The van der Waals surface area contributed by atoms with Gasteiger partial charge < -0.3 is 14.5 Å². The minimum Gasteiger partial charge on any atom is -0.496 e. The fourth-order valence-corrected chi connectivity index (χ4v) is 3.94. The third-order valence-electron chi connectivity index (χ3n) is 5.41. The van der Waals surface area contributed by atoms with E-state index in [1.165, 1.54) is 4.90 Å². The van der Waals surface area contributed by atoms with Gasteiger partial charge in [0, 0.05) is 44.5 Å². The Morgan fingerprint density at radius 2 is 1.62 bits per heavy atom. The number of imide groups is 1. The highest BCUT2D eigenvalue weighted by Crippen LogP contribution is 2.36. The maximum Gasteiger partial charge on any atom is 0.277 e. The molecule has 150 valence electrons. The Bertz CT molecular complexity index is 950. The maximum absolute atomic E-state index is 13.1. The molecule has 1 aromatic heterocycles. The van der Waals surface area contributed by atoms with Crippen LogP contribution in [0.2, 0.25) is 0 Å². The predicted molar refractivity (Wildman–Crippen MR) is 110 cm³/mol. The van der Waals surface area contributed by atoms with E-state index in [0.29, 0.717) is 42.2 Å². The van der Waals surface area contributed by atoms with E-state index in [-0.39, 0.29) is 11.8 Å². The second-order valence-electron chi connectivity index (χ2n) is 6.94. The number of amides is 2. The Hall–Kier alpha value is -3.35. The van der Waals surface area contributed by atoms with Crippen molar-refractivity contribution in [3.63, 3.8) is 0 Å². The van der Waals surface area contributed by atoms with Gasteiger partial charge in [-0.2, -0.15) is 0 Å². The molecule has 7 heteroatoms. The first-order valence-electron chi connectivity index (χ1n) is 9.80. The normalized spacial score (nSPS) is 17.4. The van der Waals surface area contributed by atoms with E-state index in [1.807, 2.05) is 54.3 Å². The zero-order valence-electron chi connectivity index (χ0n) is 16.7. The molecule has 3 heterocycles. The van der Waals surface area contributed by atoms with E-state index in [0.717, 1.165) is 18.9 Å². The fourth-order valence-electron chi connectivity index (χ4n) is 3.94. The molecule has 0 unspecified atom stereocenters. The molecule has 0 aliphatic carbocycles. The molecule has 2 amide bonds. The lowest BCUT2D eigenvalue weighted by Gasteiger charge is -2.37. The van der Waals surface area contributed by atoms with Crippen LogP contribution in [0.1, 0.15) is 12.5 Å². The lowest BCUT2D eigenvalue weighted by atomic mass is 10.0. The van der Waals surface area contributed by atoms with Crippen molar-refractivity contribution in [1.29, 1.82) is 0 Å². The van der Waals surface area contributed by atoms with Crippen molar-refractivity contribution < 1.29 is 14.3 Å². The Kier molecular flexibility index (Phi) is 5.20. The standard InChI is InChI=1S/C22H24N4O3/c1-3-26-21(27)19(16-8-4-5-9-17(16)29-2)20(22(26)28)25-14-12-24(13-15-25)18-10-6-7-11-23-18/h4-11H,3,12-15H2,1-2H3. The molecule has 1 saturated heterocycles. The zero-order valence-corrected chi connectivity index (χ0v) is 16.7. The summed E-state index contributed by atoms with van der Waals surface area (Å²) < 4.78 is 5.47. The molecule has 0 spiro atoms. The van der Waals surface area contributed by atoms with Crippen LogP contribution in [0.3, 0.4) is 0 Å².